The average Bonchev–Trinajstić information content (AvgIpc) is 3.35. The molecule has 1 N–H and O–H groups in total. The zero-order valence-electron chi connectivity index (χ0n) is 17.6. The number of esters is 1. The molecule has 1 heterocycles. The summed E-state index contributed by atoms with van der Waals surface area (Å²) >= 11 is 2.53. The largest absolute Gasteiger partial charge is 0.467 e. The molecule has 0 fully saturated rings. The van der Waals surface area contributed by atoms with Crippen LogP contribution in [0.5, 0.6) is 0 Å². The first kappa shape index (κ1) is 23.7. The van der Waals surface area contributed by atoms with Crippen LogP contribution >= 0.6 is 23.1 Å². The van der Waals surface area contributed by atoms with E-state index in [4.69, 9.17) is 4.74 Å². The van der Waals surface area contributed by atoms with E-state index in [1.807, 2.05) is 41.8 Å². The summed E-state index contributed by atoms with van der Waals surface area (Å²) in [5.74, 6) is -1.04. The van der Waals surface area contributed by atoms with Gasteiger partial charge in [-0.1, -0.05) is 72.4 Å². The van der Waals surface area contributed by atoms with E-state index >= 15 is 0 Å². The molecule has 6 nitrogen and oxygen atoms in total. The fourth-order valence-corrected chi connectivity index (χ4v) is 4.63. The lowest BCUT2D eigenvalue weighted by Gasteiger charge is -2.21. The smallest absolute Gasteiger partial charge is 0.328 e. The van der Waals surface area contributed by atoms with Crippen LogP contribution in [0.15, 0.2) is 71.6 Å². The summed E-state index contributed by atoms with van der Waals surface area (Å²) in [6.07, 6.45) is 0.697. The van der Waals surface area contributed by atoms with Crippen LogP contribution in [0, 0.1) is 5.92 Å². The Labute approximate surface area is 195 Å². The van der Waals surface area contributed by atoms with Gasteiger partial charge in [0.2, 0.25) is 11.0 Å². The zero-order valence-corrected chi connectivity index (χ0v) is 19.2. The lowest BCUT2D eigenvalue weighted by molar-refractivity contribution is -0.145. The molecular formula is C24H24N2O4S2. The first-order valence-corrected chi connectivity index (χ1v) is 12.0. The van der Waals surface area contributed by atoms with E-state index in [1.165, 1.54) is 18.4 Å². The van der Waals surface area contributed by atoms with Crippen molar-refractivity contribution in [3.63, 3.8) is 0 Å². The molecule has 0 aliphatic carbocycles. The molecular weight excluding hydrogens is 444 g/mol. The van der Waals surface area contributed by atoms with Gasteiger partial charge in [-0.05, 0) is 12.0 Å². The SMILES string of the molecule is COC(=O)[C@H](Cc1cscn1)NC(=O)C(CSC(=O)c1ccccc1)Cc1ccccc1. The third-order valence-corrected chi connectivity index (χ3v) is 6.52. The monoisotopic (exact) mass is 468 g/mol. The minimum Gasteiger partial charge on any atom is -0.467 e. The minimum atomic E-state index is -0.845. The predicted molar refractivity (Wildman–Crippen MR) is 127 cm³/mol. The average molecular weight is 469 g/mol. The lowest BCUT2D eigenvalue weighted by atomic mass is 9.99. The molecule has 8 heteroatoms. The second-order valence-electron chi connectivity index (χ2n) is 7.12. The molecule has 2 aromatic carbocycles. The number of methoxy groups -OCH3 is 1. The third kappa shape index (κ3) is 7.03. The number of ether oxygens (including phenoxy) is 1. The van der Waals surface area contributed by atoms with E-state index < -0.39 is 17.9 Å². The highest BCUT2D eigenvalue weighted by atomic mass is 32.2. The van der Waals surface area contributed by atoms with E-state index in [1.54, 1.807) is 29.8 Å². The van der Waals surface area contributed by atoms with Crippen LogP contribution in [0.3, 0.4) is 0 Å². The Hall–Kier alpha value is -2.97. The van der Waals surface area contributed by atoms with Gasteiger partial charge in [0.05, 0.1) is 24.2 Å². The standard InChI is InChI=1S/C24H24N2O4S2/c1-30-23(28)21(13-20-15-31-16-25-20)26-22(27)19(12-17-8-4-2-5-9-17)14-32-24(29)18-10-6-3-7-11-18/h2-11,15-16,19,21H,12-14H2,1H3,(H,26,27)/t19?,21-/m0/s1. The van der Waals surface area contributed by atoms with Gasteiger partial charge in [0.25, 0.3) is 0 Å². The zero-order chi connectivity index (χ0) is 22.8. The Balaban J connectivity index is 1.72. The van der Waals surface area contributed by atoms with Crippen molar-refractivity contribution >= 4 is 40.1 Å². The van der Waals surface area contributed by atoms with Crippen LogP contribution in [0.2, 0.25) is 0 Å². The highest BCUT2D eigenvalue weighted by molar-refractivity contribution is 8.14. The van der Waals surface area contributed by atoms with Gasteiger partial charge in [-0.2, -0.15) is 0 Å². The number of carbonyl (C=O) groups excluding carboxylic acids is 3. The maximum absolute atomic E-state index is 13.2. The summed E-state index contributed by atoms with van der Waals surface area (Å²) < 4.78 is 4.88. The van der Waals surface area contributed by atoms with E-state index in [0.29, 0.717) is 23.4 Å². The second kappa shape index (κ2) is 12.2. The highest BCUT2D eigenvalue weighted by Gasteiger charge is 2.28. The Kier molecular flexibility index (Phi) is 9.01. The number of amides is 1. The van der Waals surface area contributed by atoms with Crippen molar-refractivity contribution in [2.75, 3.05) is 12.9 Å². The van der Waals surface area contributed by atoms with Crippen LogP contribution in [0.25, 0.3) is 0 Å². The Morgan fingerprint density at radius 3 is 2.34 bits per heavy atom. The Morgan fingerprint density at radius 1 is 1.03 bits per heavy atom. The fourth-order valence-electron chi connectivity index (χ4n) is 3.13. The lowest BCUT2D eigenvalue weighted by Crippen LogP contribution is -2.46. The van der Waals surface area contributed by atoms with Crippen molar-refractivity contribution in [3.8, 4) is 0 Å². The number of carbonyl (C=O) groups is 3. The third-order valence-electron chi connectivity index (χ3n) is 4.82. The molecule has 3 rings (SSSR count). The summed E-state index contributed by atoms with van der Waals surface area (Å²) in [5.41, 5.74) is 3.95. The molecule has 1 unspecified atom stereocenters. The van der Waals surface area contributed by atoms with E-state index in [-0.39, 0.29) is 17.4 Å². The van der Waals surface area contributed by atoms with Gasteiger partial charge >= 0.3 is 5.97 Å². The van der Waals surface area contributed by atoms with Crippen molar-refractivity contribution < 1.29 is 19.1 Å². The molecule has 0 saturated carbocycles. The molecule has 0 saturated heterocycles. The van der Waals surface area contributed by atoms with Crippen molar-refractivity contribution in [1.82, 2.24) is 10.3 Å². The van der Waals surface area contributed by atoms with Crippen molar-refractivity contribution in [3.05, 3.63) is 88.4 Å². The van der Waals surface area contributed by atoms with Gasteiger partial charge in [0, 0.05) is 23.1 Å². The predicted octanol–water partition coefficient (Wildman–Crippen LogP) is 3.78. The molecule has 0 aliphatic heterocycles. The van der Waals surface area contributed by atoms with Crippen molar-refractivity contribution in [2.45, 2.75) is 18.9 Å². The summed E-state index contributed by atoms with van der Waals surface area (Å²) in [7, 11) is 1.29. The Morgan fingerprint density at radius 2 is 1.72 bits per heavy atom. The van der Waals surface area contributed by atoms with E-state index in [9.17, 15) is 14.4 Å². The van der Waals surface area contributed by atoms with Crippen molar-refractivity contribution in [1.29, 1.82) is 0 Å². The summed E-state index contributed by atoms with van der Waals surface area (Å²) in [5, 5.41) is 4.55. The molecule has 2 atom stereocenters. The van der Waals surface area contributed by atoms with Gasteiger partial charge in [0.15, 0.2) is 0 Å². The number of hydrogen-bond donors (Lipinski definition) is 1. The molecule has 32 heavy (non-hydrogen) atoms. The Bertz CT molecular complexity index is 1010. The summed E-state index contributed by atoms with van der Waals surface area (Å²) in [6, 6.07) is 17.7. The number of hydrogen-bond acceptors (Lipinski definition) is 7. The highest BCUT2D eigenvalue weighted by Crippen LogP contribution is 2.20. The van der Waals surface area contributed by atoms with Crippen LogP contribution in [-0.4, -0.2) is 40.9 Å². The molecule has 0 aliphatic rings. The number of thioether (sulfide) groups is 1. The van der Waals surface area contributed by atoms with Gasteiger partial charge in [-0.25, -0.2) is 9.78 Å². The fraction of sp³-hybridized carbons (Fsp3) is 0.250. The minimum absolute atomic E-state index is 0.0940. The maximum atomic E-state index is 13.2. The normalized spacial score (nSPS) is 12.5. The molecule has 166 valence electrons. The topological polar surface area (TPSA) is 85.4 Å². The van der Waals surface area contributed by atoms with Crippen LogP contribution in [0.4, 0.5) is 0 Å². The number of rotatable bonds is 10. The number of benzene rings is 2. The van der Waals surface area contributed by atoms with Gasteiger partial charge in [-0.15, -0.1) is 11.3 Å². The quantitative estimate of drug-likeness (QED) is 0.456. The van der Waals surface area contributed by atoms with Crippen molar-refractivity contribution in [2.24, 2.45) is 5.92 Å². The summed E-state index contributed by atoms with van der Waals surface area (Å²) in [4.78, 5) is 42.2. The molecule has 1 aromatic heterocycles. The van der Waals surface area contributed by atoms with Gasteiger partial charge in [0.1, 0.15) is 6.04 Å². The molecule has 0 radical (unpaired) electrons. The first-order valence-electron chi connectivity index (χ1n) is 10.1. The maximum Gasteiger partial charge on any atom is 0.328 e. The van der Waals surface area contributed by atoms with E-state index in [0.717, 1.165) is 17.3 Å². The van der Waals surface area contributed by atoms with Crippen LogP contribution in [0.1, 0.15) is 21.6 Å². The van der Waals surface area contributed by atoms with Gasteiger partial charge in [-0.3, -0.25) is 9.59 Å². The first-order chi connectivity index (χ1) is 15.6. The number of nitrogens with zero attached hydrogens (tertiary/aromatic N) is 1. The second-order valence-corrected chi connectivity index (χ2v) is 8.83. The van der Waals surface area contributed by atoms with E-state index in [2.05, 4.69) is 10.3 Å². The van der Waals surface area contributed by atoms with Crippen LogP contribution < -0.4 is 5.32 Å². The molecule has 0 bridgehead atoms. The van der Waals surface area contributed by atoms with Gasteiger partial charge < -0.3 is 10.1 Å². The molecule has 0 spiro atoms. The number of nitrogens with one attached hydrogen (secondary N) is 1. The number of aromatic nitrogens is 1. The molecule has 1 amide bonds. The van der Waals surface area contributed by atoms with Crippen LogP contribution in [-0.2, 0) is 27.2 Å². The summed E-state index contributed by atoms with van der Waals surface area (Å²) in [6.45, 7) is 0. The molecule has 3 aromatic rings. The number of thiazole rings is 1.